The topological polar surface area (TPSA) is 85.8 Å². The molecule has 4 rings (SSSR count). The van der Waals surface area contributed by atoms with Gasteiger partial charge in [0.25, 0.3) is 0 Å². The fourth-order valence-electron chi connectivity index (χ4n) is 2.85. The molecule has 8 heteroatoms. The minimum atomic E-state index is -0.375. The van der Waals surface area contributed by atoms with Crippen LogP contribution in [0.4, 0.5) is 10.1 Å². The van der Waals surface area contributed by atoms with Crippen molar-refractivity contribution >= 4 is 11.6 Å². The molecule has 4 aromatic rings. The van der Waals surface area contributed by atoms with Crippen molar-refractivity contribution in [2.24, 2.45) is 0 Å². The lowest BCUT2D eigenvalue weighted by Crippen LogP contribution is -2.12. The van der Waals surface area contributed by atoms with E-state index in [1.54, 1.807) is 29.2 Å². The fraction of sp³-hybridized carbons (Fsp3) is 0.143. The zero-order chi connectivity index (χ0) is 20.1. The van der Waals surface area contributed by atoms with Crippen molar-refractivity contribution in [2.75, 3.05) is 5.32 Å². The molecule has 0 spiro atoms. The Balaban J connectivity index is 1.30. The summed E-state index contributed by atoms with van der Waals surface area (Å²) in [6.45, 7) is 0.614. The predicted octanol–water partition coefficient (Wildman–Crippen LogP) is 3.69. The highest BCUT2D eigenvalue weighted by Gasteiger charge is 2.12. The maximum Gasteiger partial charge on any atom is 0.224 e. The van der Waals surface area contributed by atoms with Crippen molar-refractivity contribution in [3.63, 3.8) is 0 Å². The van der Waals surface area contributed by atoms with E-state index in [2.05, 4.69) is 20.4 Å². The van der Waals surface area contributed by atoms with E-state index in [-0.39, 0.29) is 18.1 Å². The summed E-state index contributed by atoms with van der Waals surface area (Å²) < 4.78 is 21.1. The molecular weight excluding hydrogens is 373 g/mol. The van der Waals surface area contributed by atoms with Crippen LogP contribution in [0.1, 0.15) is 17.9 Å². The molecule has 7 nitrogen and oxygen atoms in total. The lowest BCUT2D eigenvalue weighted by atomic mass is 10.2. The first kappa shape index (κ1) is 18.5. The molecule has 2 aromatic heterocycles. The number of hydrogen-bond donors (Lipinski definition) is 1. The number of carbonyl (C=O) groups is 1. The second kappa shape index (κ2) is 8.47. The van der Waals surface area contributed by atoms with Crippen LogP contribution < -0.4 is 5.32 Å². The number of halogens is 1. The van der Waals surface area contributed by atoms with Gasteiger partial charge in [-0.25, -0.2) is 19.0 Å². The second-order valence-corrected chi connectivity index (χ2v) is 6.44. The molecular formula is C21H18FN5O2. The van der Waals surface area contributed by atoms with Gasteiger partial charge in [0, 0.05) is 18.5 Å². The van der Waals surface area contributed by atoms with Crippen LogP contribution in [-0.4, -0.2) is 25.7 Å². The molecule has 0 radical (unpaired) electrons. The molecule has 0 atom stereocenters. The van der Waals surface area contributed by atoms with E-state index in [9.17, 15) is 9.18 Å². The van der Waals surface area contributed by atoms with Crippen molar-refractivity contribution in [1.29, 1.82) is 0 Å². The summed E-state index contributed by atoms with van der Waals surface area (Å²) >= 11 is 0. The Kier molecular flexibility index (Phi) is 5.42. The van der Waals surface area contributed by atoms with Gasteiger partial charge in [-0.05, 0) is 29.8 Å². The molecule has 2 heterocycles. The molecule has 0 aliphatic carbocycles. The molecule has 0 aliphatic rings. The number of hydrogen-bond acceptors (Lipinski definition) is 5. The summed E-state index contributed by atoms with van der Waals surface area (Å²) in [4.78, 5) is 20.2. The zero-order valence-corrected chi connectivity index (χ0v) is 15.5. The Morgan fingerprint density at radius 2 is 1.97 bits per heavy atom. The van der Waals surface area contributed by atoms with E-state index in [4.69, 9.17) is 4.42 Å². The fourth-order valence-corrected chi connectivity index (χ4v) is 2.85. The number of rotatable bonds is 7. The minimum Gasteiger partial charge on any atom is -0.441 e. The van der Waals surface area contributed by atoms with E-state index in [0.717, 1.165) is 5.56 Å². The summed E-state index contributed by atoms with van der Waals surface area (Å²) in [5.74, 6) is 0.211. The average Bonchev–Trinajstić information content (AvgIpc) is 3.40. The van der Waals surface area contributed by atoms with Gasteiger partial charge in [0.05, 0.1) is 18.3 Å². The summed E-state index contributed by atoms with van der Waals surface area (Å²) in [6, 6.07) is 13.9. The van der Waals surface area contributed by atoms with Gasteiger partial charge in [0.15, 0.2) is 11.7 Å². The number of amides is 1. The van der Waals surface area contributed by atoms with Gasteiger partial charge in [0.1, 0.15) is 18.5 Å². The van der Waals surface area contributed by atoms with Crippen molar-refractivity contribution < 1.29 is 13.6 Å². The molecule has 1 N–H and O–H groups in total. The molecule has 2 aromatic carbocycles. The van der Waals surface area contributed by atoms with E-state index in [1.165, 1.54) is 18.6 Å². The SMILES string of the molecule is O=C(CCc1ncc(-c2ccccc2F)o1)Nc1ccc(Cn2cncn2)cc1. The van der Waals surface area contributed by atoms with Gasteiger partial charge in [-0.15, -0.1) is 0 Å². The van der Waals surface area contributed by atoms with Crippen LogP contribution >= 0.6 is 0 Å². The van der Waals surface area contributed by atoms with E-state index >= 15 is 0 Å². The summed E-state index contributed by atoms with van der Waals surface area (Å²) in [6.07, 6.45) is 5.14. The number of aromatic nitrogens is 4. The van der Waals surface area contributed by atoms with Crippen LogP contribution in [0.25, 0.3) is 11.3 Å². The Bertz CT molecular complexity index is 1090. The van der Waals surface area contributed by atoms with Gasteiger partial charge in [0.2, 0.25) is 5.91 Å². The van der Waals surface area contributed by atoms with Crippen molar-refractivity contribution in [1.82, 2.24) is 19.7 Å². The van der Waals surface area contributed by atoms with E-state index in [0.29, 0.717) is 35.9 Å². The predicted molar refractivity (Wildman–Crippen MR) is 104 cm³/mol. The number of carbonyl (C=O) groups excluding carboxylic acids is 1. The first-order valence-electron chi connectivity index (χ1n) is 9.08. The third kappa shape index (κ3) is 4.73. The number of oxazole rings is 1. The molecule has 29 heavy (non-hydrogen) atoms. The van der Waals surface area contributed by atoms with Crippen molar-refractivity contribution in [3.05, 3.63) is 84.7 Å². The Morgan fingerprint density at radius 1 is 1.14 bits per heavy atom. The monoisotopic (exact) mass is 391 g/mol. The third-order valence-corrected chi connectivity index (χ3v) is 4.31. The van der Waals surface area contributed by atoms with Crippen LogP contribution in [-0.2, 0) is 17.8 Å². The highest BCUT2D eigenvalue weighted by molar-refractivity contribution is 5.90. The van der Waals surface area contributed by atoms with Crippen LogP contribution in [0.15, 0.2) is 71.8 Å². The Hall–Kier alpha value is -3.81. The third-order valence-electron chi connectivity index (χ3n) is 4.31. The standard InChI is InChI=1S/C21H18FN5O2/c22-18-4-2-1-3-17(18)19-11-24-21(29-19)10-9-20(28)26-16-7-5-15(6-8-16)12-27-14-23-13-25-27/h1-8,11,13-14H,9-10,12H2,(H,26,28). The summed E-state index contributed by atoms with van der Waals surface area (Å²) in [5, 5.41) is 6.90. The molecule has 0 bridgehead atoms. The molecule has 1 amide bonds. The largest absolute Gasteiger partial charge is 0.441 e. The minimum absolute atomic E-state index is 0.153. The number of aryl methyl sites for hydroxylation is 1. The van der Waals surface area contributed by atoms with Crippen LogP contribution in [0.5, 0.6) is 0 Å². The maximum absolute atomic E-state index is 13.8. The highest BCUT2D eigenvalue weighted by Crippen LogP contribution is 2.23. The quantitative estimate of drug-likeness (QED) is 0.519. The summed E-state index contributed by atoms with van der Waals surface area (Å²) in [7, 11) is 0. The molecule has 0 aliphatic heterocycles. The van der Waals surface area contributed by atoms with Crippen LogP contribution in [0.3, 0.4) is 0 Å². The lowest BCUT2D eigenvalue weighted by molar-refractivity contribution is -0.116. The van der Waals surface area contributed by atoms with Crippen molar-refractivity contribution in [2.45, 2.75) is 19.4 Å². The number of benzene rings is 2. The second-order valence-electron chi connectivity index (χ2n) is 6.44. The first-order chi connectivity index (χ1) is 14.2. The number of nitrogens with one attached hydrogen (secondary N) is 1. The summed E-state index contributed by atoms with van der Waals surface area (Å²) in [5.41, 5.74) is 2.10. The lowest BCUT2D eigenvalue weighted by Gasteiger charge is -2.06. The number of nitrogens with zero attached hydrogens (tertiary/aromatic N) is 4. The van der Waals surface area contributed by atoms with E-state index < -0.39 is 0 Å². The molecule has 0 saturated carbocycles. The Labute approximate surface area is 166 Å². The Morgan fingerprint density at radius 3 is 2.72 bits per heavy atom. The van der Waals surface area contributed by atoms with Gasteiger partial charge >= 0.3 is 0 Å². The highest BCUT2D eigenvalue weighted by atomic mass is 19.1. The van der Waals surface area contributed by atoms with Crippen LogP contribution in [0.2, 0.25) is 0 Å². The van der Waals surface area contributed by atoms with Crippen LogP contribution in [0, 0.1) is 5.82 Å². The molecule has 146 valence electrons. The smallest absolute Gasteiger partial charge is 0.224 e. The number of anilines is 1. The molecule has 0 saturated heterocycles. The van der Waals surface area contributed by atoms with Gasteiger partial charge in [-0.1, -0.05) is 24.3 Å². The maximum atomic E-state index is 13.8. The first-order valence-corrected chi connectivity index (χ1v) is 9.08. The average molecular weight is 391 g/mol. The van der Waals surface area contributed by atoms with Gasteiger partial charge in [-0.2, -0.15) is 5.10 Å². The van der Waals surface area contributed by atoms with E-state index in [1.807, 2.05) is 24.3 Å². The normalized spacial score (nSPS) is 10.8. The zero-order valence-electron chi connectivity index (χ0n) is 15.5. The molecule has 0 fully saturated rings. The van der Waals surface area contributed by atoms with Gasteiger partial charge in [-0.3, -0.25) is 4.79 Å². The van der Waals surface area contributed by atoms with Gasteiger partial charge < -0.3 is 9.73 Å². The molecule has 0 unspecified atom stereocenters. The van der Waals surface area contributed by atoms with Crippen molar-refractivity contribution in [3.8, 4) is 11.3 Å².